The van der Waals surface area contributed by atoms with E-state index in [0.717, 1.165) is 58.6 Å². The monoisotopic (exact) mass is 582 g/mol. The third-order valence-corrected chi connectivity index (χ3v) is 7.49. The summed E-state index contributed by atoms with van der Waals surface area (Å²) in [5.41, 5.74) is 7.36. The highest BCUT2D eigenvalue weighted by atomic mass is 19.1. The molecule has 6 heteroatoms. The number of halogens is 2. The van der Waals surface area contributed by atoms with Crippen LogP contribution in [0.3, 0.4) is 0 Å². The first-order valence-electron chi connectivity index (χ1n) is 14.9. The van der Waals surface area contributed by atoms with Gasteiger partial charge in [0.05, 0.1) is 11.2 Å². The minimum Gasteiger partial charge on any atom is -0.358 e. The summed E-state index contributed by atoms with van der Waals surface area (Å²) in [6.07, 6.45) is 11.7. The lowest BCUT2D eigenvalue weighted by atomic mass is 9.96. The second-order valence-corrected chi connectivity index (χ2v) is 10.3. The molecule has 1 saturated heterocycles. The van der Waals surface area contributed by atoms with E-state index in [0.29, 0.717) is 22.5 Å². The van der Waals surface area contributed by atoms with Crippen LogP contribution >= 0.6 is 0 Å². The number of benzene rings is 2. The van der Waals surface area contributed by atoms with Gasteiger partial charge in [0, 0.05) is 29.3 Å². The highest BCUT2D eigenvalue weighted by molar-refractivity contribution is 5.93. The lowest BCUT2D eigenvalue weighted by Gasteiger charge is -2.16. The average molecular weight is 583 g/mol. The molecule has 0 amide bonds. The van der Waals surface area contributed by atoms with Gasteiger partial charge in [-0.1, -0.05) is 76.1 Å². The molecule has 0 radical (unpaired) electrons. The predicted octanol–water partition coefficient (Wildman–Crippen LogP) is 9.60. The van der Waals surface area contributed by atoms with Crippen molar-refractivity contribution >= 4 is 27.7 Å². The molecule has 43 heavy (non-hydrogen) atoms. The summed E-state index contributed by atoms with van der Waals surface area (Å²) in [4.78, 5) is 2.39. The largest absolute Gasteiger partial charge is 0.358 e. The molecule has 2 N–H and O–H groups in total. The fraction of sp³-hybridized carbons (Fsp3) is 0.270. The fourth-order valence-electron chi connectivity index (χ4n) is 5.17. The third-order valence-electron chi connectivity index (χ3n) is 7.49. The van der Waals surface area contributed by atoms with Crippen LogP contribution in [0.5, 0.6) is 0 Å². The van der Waals surface area contributed by atoms with Gasteiger partial charge in [0.15, 0.2) is 0 Å². The van der Waals surface area contributed by atoms with E-state index in [1.165, 1.54) is 31.0 Å². The van der Waals surface area contributed by atoms with Crippen LogP contribution in [0.4, 0.5) is 8.78 Å². The van der Waals surface area contributed by atoms with Crippen LogP contribution in [0.1, 0.15) is 64.3 Å². The first kappa shape index (κ1) is 33.2. The molecule has 1 aliphatic rings. The lowest BCUT2D eigenvalue weighted by Crippen LogP contribution is -2.21. The number of H-pyrrole nitrogens is 1. The lowest BCUT2D eigenvalue weighted by molar-refractivity contribution is 0.371. The zero-order valence-corrected chi connectivity index (χ0v) is 26.2. The number of hydrogen-bond donors (Lipinski definition) is 2. The van der Waals surface area contributed by atoms with Gasteiger partial charge in [0.1, 0.15) is 17.3 Å². The Hall–Kier alpha value is -4.29. The van der Waals surface area contributed by atoms with E-state index in [2.05, 4.69) is 40.2 Å². The zero-order chi connectivity index (χ0) is 31.5. The number of nitrogens with one attached hydrogen (secondary N) is 2. The Bertz CT molecular complexity index is 1590. The van der Waals surface area contributed by atoms with Crippen LogP contribution in [0.25, 0.3) is 27.7 Å². The van der Waals surface area contributed by atoms with Gasteiger partial charge in [-0.2, -0.15) is 5.10 Å². The van der Waals surface area contributed by atoms with Gasteiger partial charge >= 0.3 is 0 Å². The van der Waals surface area contributed by atoms with Gasteiger partial charge in [0.2, 0.25) is 0 Å². The number of allylic oxidation sites excluding steroid dienone is 8. The van der Waals surface area contributed by atoms with Gasteiger partial charge in [-0.3, -0.25) is 10.00 Å². The topological polar surface area (TPSA) is 44.0 Å². The predicted molar refractivity (Wildman–Crippen MR) is 180 cm³/mol. The minimum atomic E-state index is -0.332. The highest BCUT2D eigenvalue weighted by Gasteiger charge is 2.17. The molecule has 4 nitrogen and oxygen atoms in total. The van der Waals surface area contributed by atoms with Crippen LogP contribution < -0.4 is 5.32 Å². The molecular weight excluding hydrogens is 538 g/mol. The molecule has 4 rings (SSSR count). The van der Waals surface area contributed by atoms with Gasteiger partial charge in [-0.05, 0) is 92.8 Å². The molecule has 1 aliphatic heterocycles. The number of likely N-dealkylation sites (tertiary alicyclic amines) is 1. The summed E-state index contributed by atoms with van der Waals surface area (Å²) < 4.78 is 29.3. The van der Waals surface area contributed by atoms with E-state index in [1.54, 1.807) is 12.1 Å². The molecule has 0 atom stereocenters. The van der Waals surface area contributed by atoms with Gasteiger partial charge in [-0.25, -0.2) is 8.78 Å². The molecule has 2 aromatic carbocycles. The highest BCUT2D eigenvalue weighted by Crippen LogP contribution is 2.31. The molecule has 0 bridgehead atoms. The summed E-state index contributed by atoms with van der Waals surface area (Å²) in [7, 11) is 0. The van der Waals surface area contributed by atoms with Crippen molar-refractivity contribution < 1.29 is 8.78 Å². The summed E-state index contributed by atoms with van der Waals surface area (Å²) in [6, 6.07) is 9.75. The molecule has 0 saturated carbocycles. The molecule has 0 aliphatic carbocycles. The summed E-state index contributed by atoms with van der Waals surface area (Å²) in [6.45, 7) is 24.8. The van der Waals surface area contributed by atoms with E-state index >= 15 is 4.39 Å². The molecule has 1 fully saturated rings. The van der Waals surface area contributed by atoms with E-state index in [9.17, 15) is 4.39 Å². The van der Waals surface area contributed by atoms with Gasteiger partial charge in [-0.15, -0.1) is 0 Å². The van der Waals surface area contributed by atoms with Gasteiger partial charge < -0.3 is 5.32 Å². The van der Waals surface area contributed by atoms with Crippen LogP contribution in [-0.4, -0.2) is 34.7 Å². The van der Waals surface area contributed by atoms with Crippen LogP contribution in [0.15, 0.2) is 103 Å². The van der Waals surface area contributed by atoms with Crippen molar-refractivity contribution in [3.63, 3.8) is 0 Å². The molecule has 3 aromatic rings. The van der Waals surface area contributed by atoms with E-state index in [-0.39, 0.29) is 11.6 Å². The molecule has 0 spiro atoms. The number of rotatable bonds is 11. The van der Waals surface area contributed by atoms with Crippen LogP contribution in [0.2, 0.25) is 0 Å². The maximum Gasteiger partial charge on any atom is 0.133 e. The second-order valence-electron chi connectivity index (χ2n) is 10.3. The average Bonchev–Trinajstić information content (AvgIpc) is 3.68. The van der Waals surface area contributed by atoms with Crippen molar-refractivity contribution in [1.29, 1.82) is 0 Å². The van der Waals surface area contributed by atoms with E-state index in [1.807, 2.05) is 71.1 Å². The number of fused-ring (bicyclic) bond motifs is 1. The van der Waals surface area contributed by atoms with Crippen molar-refractivity contribution in [3.05, 3.63) is 132 Å². The SMILES string of the molecule is C=C/C=C(\C(C)=C(/C)NC(=C)c1n[nH]c2cc(F)c(C(/C=C(\C=C)CN3CCCC3)=C/C)cc12)c1cccc(F)c1.CC. The molecular formula is C37H44F2N4. The van der Waals surface area contributed by atoms with Crippen molar-refractivity contribution in [2.45, 2.75) is 47.5 Å². The quantitative estimate of drug-likeness (QED) is 0.221. The minimum absolute atomic E-state index is 0.307. The molecule has 226 valence electrons. The number of aromatic nitrogens is 2. The molecule has 1 aromatic heterocycles. The number of hydrogen-bond acceptors (Lipinski definition) is 3. The normalized spacial score (nSPS) is 15.1. The standard InChI is InChI=1S/C35H38F2N4.C2H6/c1-7-13-30(28-14-12-15-29(36)19-28)23(4)24(5)38-25(6)35-32-20-31(33(37)21-34(32)39-40-35)27(9-3)18-26(8-2)22-41-16-10-11-17-41;1-2/h7-9,12-15,18-21,38H,1-2,6,10-11,16-17,22H2,3-5H3,(H,39,40);1-2H3/b24-23+,26-18+,27-9+,30-13+;. The third kappa shape index (κ3) is 8.17. The van der Waals surface area contributed by atoms with E-state index in [4.69, 9.17) is 0 Å². The Kier molecular flexibility index (Phi) is 12.2. The van der Waals surface area contributed by atoms with E-state index < -0.39 is 0 Å². The Morgan fingerprint density at radius 1 is 1.09 bits per heavy atom. The maximum atomic E-state index is 15.4. The van der Waals surface area contributed by atoms with Crippen LogP contribution in [0, 0.1) is 11.6 Å². The smallest absolute Gasteiger partial charge is 0.133 e. The van der Waals surface area contributed by atoms with Crippen molar-refractivity contribution in [2.75, 3.05) is 19.6 Å². The second kappa shape index (κ2) is 15.8. The van der Waals surface area contributed by atoms with Gasteiger partial charge in [0.25, 0.3) is 0 Å². The summed E-state index contributed by atoms with van der Waals surface area (Å²) in [5.74, 6) is -0.640. The first-order valence-corrected chi connectivity index (χ1v) is 14.9. The number of aromatic amines is 1. The Balaban J connectivity index is 0.00000248. The van der Waals surface area contributed by atoms with Crippen LogP contribution in [-0.2, 0) is 0 Å². The summed E-state index contributed by atoms with van der Waals surface area (Å²) >= 11 is 0. The Morgan fingerprint density at radius 2 is 1.81 bits per heavy atom. The zero-order valence-electron chi connectivity index (χ0n) is 26.2. The molecule has 0 unspecified atom stereocenters. The summed E-state index contributed by atoms with van der Waals surface area (Å²) in [5, 5.41) is 11.5. The number of nitrogens with zero attached hydrogens (tertiary/aromatic N) is 2. The van der Waals surface area contributed by atoms with Crippen molar-refractivity contribution in [2.24, 2.45) is 0 Å². The Labute approximate surface area is 255 Å². The maximum absolute atomic E-state index is 15.4. The Morgan fingerprint density at radius 3 is 2.44 bits per heavy atom. The van der Waals surface area contributed by atoms with Crippen molar-refractivity contribution in [3.8, 4) is 0 Å². The van der Waals surface area contributed by atoms with Crippen molar-refractivity contribution in [1.82, 2.24) is 20.4 Å². The first-order chi connectivity index (χ1) is 20.7. The molecule has 2 heterocycles. The fourth-order valence-corrected chi connectivity index (χ4v) is 5.17.